The van der Waals surface area contributed by atoms with Crippen LogP contribution in [0.3, 0.4) is 0 Å². The van der Waals surface area contributed by atoms with Crippen LogP contribution >= 0.6 is 0 Å². The molecule has 1 aliphatic rings. The van der Waals surface area contributed by atoms with Crippen LogP contribution in [0.5, 0.6) is 0 Å². The van der Waals surface area contributed by atoms with Crippen LogP contribution in [0.15, 0.2) is 24.3 Å². The van der Waals surface area contributed by atoms with Gasteiger partial charge in [-0.1, -0.05) is 19.1 Å². The molecule has 1 heterocycles. The van der Waals surface area contributed by atoms with Crippen molar-refractivity contribution in [3.63, 3.8) is 0 Å². The number of carbonyl (C=O) groups is 1. The summed E-state index contributed by atoms with van der Waals surface area (Å²) >= 11 is 0. The van der Waals surface area contributed by atoms with Gasteiger partial charge in [-0.15, -0.1) is 0 Å². The molecule has 18 heavy (non-hydrogen) atoms. The summed E-state index contributed by atoms with van der Waals surface area (Å²) in [5.41, 5.74) is 2.06. The van der Waals surface area contributed by atoms with E-state index < -0.39 is 0 Å². The van der Waals surface area contributed by atoms with Crippen LogP contribution < -0.4 is 5.32 Å². The molecule has 98 valence electrons. The van der Waals surface area contributed by atoms with Gasteiger partial charge in [0.25, 0.3) is 5.91 Å². The van der Waals surface area contributed by atoms with Crippen LogP contribution in [-0.2, 0) is 6.42 Å². The quantitative estimate of drug-likeness (QED) is 0.880. The summed E-state index contributed by atoms with van der Waals surface area (Å²) in [4.78, 5) is 14.1. The topological polar surface area (TPSA) is 32.3 Å². The first-order valence-electron chi connectivity index (χ1n) is 6.76. The molecule has 3 heteroatoms. The van der Waals surface area contributed by atoms with Crippen molar-refractivity contribution in [1.82, 2.24) is 10.2 Å². The van der Waals surface area contributed by atoms with E-state index >= 15 is 0 Å². The number of rotatable bonds is 4. The van der Waals surface area contributed by atoms with Crippen molar-refractivity contribution in [2.45, 2.75) is 19.8 Å². The van der Waals surface area contributed by atoms with Crippen molar-refractivity contribution in [2.75, 3.05) is 26.7 Å². The number of nitrogens with zero attached hydrogens (tertiary/aromatic N) is 1. The summed E-state index contributed by atoms with van der Waals surface area (Å²) in [5.74, 6) is 0.735. The highest BCUT2D eigenvalue weighted by molar-refractivity contribution is 5.94. The molecule has 1 aromatic carbocycles. The predicted molar refractivity (Wildman–Crippen MR) is 73.8 cm³/mol. The third-order valence-electron chi connectivity index (χ3n) is 3.65. The van der Waals surface area contributed by atoms with Gasteiger partial charge in [0.1, 0.15) is 0 Å². The van der Waals surface area contributed by atoms with Crippen LogP contribution in [-0.4, -0.2) is 37.5 Å². The number of amides is 1. The summed E-state index contributed by atoms with van der Waals surface area (Å²) in [5, 5.41) is 3.33. The first kappa shape index (κ1) is 13.1. The Morgan fingerprint density at radius 2 is 2.11 bits per heavy atom. The Hall–Kier alpha value is -1.35. The minimum Gasteiger partial charge on any atom is -0.341 e. The van der Waals surface area contributed by atoms with E-state index in [1.54, 1.807) is 0 Å². The number of hydrogen-bond acceptors (Lipinski definition) is 2. The first-order valence-corrected chi connectivity index (χ1v) is 6.76. The van der Waals surface area contributed by atoms with E-state index in [1.807, 2.05) is 36.2 Å². The second-order valence-electron chi connectivity index (χ2n) is 5.09. The summed E-state index contributed by atoms with van der Waals surface area (Å²) < 4.78 is 0. The number of aryl methyl sites for hydroxylation is 1. The second-order valence-corrected chi connectivity index (χ2v) is 5.09. The molecule has 3 nitrogen and oxygen atoms in total. The third kappa shape index (κ3) is 3.10. The molecule has 1 aliphatic heterocycles. The van der Waals surface area contributed by atoms with Crippen LogP contribution in [0.2, 0.25) is 0 Å². The molecular weight excluding hydrogens is 224 g/mol. The highest BCUT2D eigenvalue weighted by Gasteiger charge is 2.19. The van der Waals surface area contributed by atoms with Crippen LogP contribution in [0, 0.1) is 5.92 Å². The van der Waals surface area contributed by atoms with Crippen LogP contribution in [0.25, 0.3) is 0 Å². The van der Waals surface area contributed by atoms with Crippen LogP contribution in [0.1, 0.15) is 29.3 Å². The van der Waals surface area contributed by atoms with Crippen molar-refractivity contribution in [1.29, 1.82) is 0 Å². The van der Waals surface area contributed by atoms with Gasteiger partial charge < -0.3 is 10.2 Å². The molecular formula is C15H22N2O. The molecule has 1 fully saturated rings. The SMILES string of the molecule is CCc1ccc(C(=O)N(C)CC2CCNC2)cc1. The molecule has 0 bridgehead atoms. The fourth-order valence-corrected chi connectivity index (χ4v) is 2.44. The first-order chi connectivity index (χ1) is 8.70. The van der Waals surface area contributed by atoms with Crippen molar-refractivity contribution >= 4 is 5.91 Å². The molecule has 0 aromatic heterocycles. The average molecular weight is 246 g/mol. The molecule has 1 saturated heterocycles. The molecule has 1 N–H and O–H groups in total. The Morgan fingerprint density at radius 3 is 2.67 bits per heavy atom. The summed E-state index contributed by atoms with van der Waals surface area (Å²) in [6.07, 6.45) is 2.18. The van der Waals surface area contributed by atoms with Gasteiger partial charge in [0.05, 0.1) is 0 Å². The zero-order chi connectivity index (χ0) is 13.0. The highest BCUT2D eigenvalue weighted by Crippen LogP contribution is 2.12. The Bertz CT molecular complexity index is 393. The van der Waals surface area contributed by atoms with Gasteiger partial charge >= 0.3 is 0 Å². The Balaban J connectivity index is 1.95. The number of hydrogen-bond donors (Lipinski definition) is 1. The maximum Gasteiger partial charge on any atom is 0.253 e. The highest BCUT2D eigenvalue weighted by atomic mass is 16.2. The minimum absolute atomic E-state index is 0.129. The molecule has 1 amide bonds. The van der Waals surface area contributed by atoms with Gasteiger partial charge in [-0.25, -0.2) is 0 Å². The maximum atomic E-state index is 12.2. The van der Waals surface area contributed by atoms with E-state index in [4.69, 9.17) is 0 Å². The smallest absolute Gasteiger partial charge is 0.253 e. The summed E-state index contributed by atoms with van der Waals surface area (Å²) in [7, 11) is 1.90. The van der Waals surface area contributed by atoms with Crippen molar-refractivity contribution in [2.24, 2.45) is 5.92 Å². The molecule has 1 unspecified atom stereocenters. The van der Waals surface area contributed by atoms with Gasteiger partial charge in [-0.3, -0.25) is 4.79 Å². The lowest BCUT2D eigenvalue weighted by Gasteiger charge is -2.20. The Morgan fingerprint density at radius 1 is 1.39 bits per heavy atom. The van der Waals surface area contributed by atoms with Gasteiger partial charge in [0.15, 0.2) is 0 Å². The maximum absolute atomic E-state index is 12.2. The molecule has 0 saturated carbocycles. The van der Waals surface area contributed by atoms with Crippen LogP contribution in [0.4, 0.5) is 0 Å². The van der Waals surface area contributed by atoms with E-state index in [0.717, 1.165) is 31.6 Å². The van der Waals surface area contributed by atoms with Gasteiger partial charge in [-0.05, 0) is 49.5 Å². The lowest BCUT2D eigenvalue weighted by molar-refractivity contribution is 0.0776. The van der Waals surface area contributed by atoms with Crippen molar-refractivity contribution in [3.8, 4) is 0 Å². The standard InChI is InChI=1S/C15H22N2O/c1-3-12-4-6-14(7-5-12)15(18)17(2)11-13-8-9-16-10-13/h4-7,13,16H,3,8-11H2,1-2H3. The predicted octanol–water partition coefficient (Wildman–Crippen LogP) is 1.93. The Kier molecular flexibility index (Phi) is 4.37. The van der Waals surface area contributed by atoms with Crippen molar-refractivity contribution in [3.05, 3.63) is 35.4 Å². The number of nitrogens with one attached hydrogen (secondary N) is 1. The fraction of sp³-hybridized carbons (Fsp3) is 0.533. The Labute approximate surface area is 109 Å². The second kappa shape index (κ2) is 6.01. The molecule has 0 spiro atoms. The third-order valence-corrected chi connectivity index (χ3v) is 3.65. The lowest BCUT2D eigenvalue weighted by atomic mass is 10.1. The minimum atomic E-state index is 0.129. The summed E-state index contributed by atoms with van der Waals surface area (Å²) in [6, 6.07) is 7.95. The lowest BCUT2D eigenvalue weighted by Crippen LogP contribution is -2.32. The van der Waals surface area contributed by atoms with Crippen molar-refractivity contribution < 1.29 is 4.79 Å². The van der Waals surface area contributed by atoms with E-state index in [1.165, 1.54) is 12.0 Å². The largest absolute Gasteiger partial charge is 0.341 e. The average Bonchev–Trinajstić information content (AvgIpc) is 2.91. The molecule has 0 radical (unpaired) electrons. The molecule has 1 atom stereocenters. The normalized spacial score (nSPS) is 18.9. The van der Waals surface area contributed by atoms with Gasteiger partial charge in [0.2, 0.25) is 0 Å². The van der Waals surface area contributed by atoms with E-state index in [9.17, 15) is 4.79 Å². The fourth-order valence-electron chi connectivity index (χ4n) is 2.44. The zero-order valence-corrected chi connectivity index (χ0v) is 11.3. The molecule has 1 aromatic rings. The monoisotopic (exact) mass is 246 g/mol. The van der Waals surface area contributed by atoms with E-state index in [-0.39, 0.29) is 5.91 Å². The van der Waals surface area contributed by atoms with E-state index in [0.29, 0.717) is 5.92 Å². The van der Waals surface area contributed by atoms with Gasteiger partial charge in [0, 0.05) is 19.2 Å². The molecule has 2 rings (SSSR count). The molecule has 0 aliphatic carbocycles. The number of carbonyl (C=O) groups excluding carboxylic acids is 1. The van der Waals surface area contributed by atoms with E-state index in [2.05, 4.69) is 12.2 Å². The number of benzene rings is 1. The summed E-state index contributed by atoms with van der Waals surface area (Å²) in [6.45, 7) is 5.09. The van der Waals surface area contributed by atoms with Gasteiger partial charge in [-0.2, -0.15) is 0 Å². The zero-order valence-electron chi connectivity index (χ0n) is 11.3.